The Morgan fingerprint density at radius 1 is 1.21 bits per heavy atom. The molecule has 0 unspecified atom stereocenters. The summed E-state index contributed by atoms with van der Waals surface area (Å²) < 4.78 is 38.4. The minimum absolute atomic E-state index is 0.0512. The summed E-state index contributed by atoms with van der Waals surface area (Å²) in [5.41, 5.74) is 0.789. The van der Waals surface area contributed by atoms with Crippen LogP contribution in [0.1, 0.15) is 31.6 Å². The predicted octanol–water partition coefficient (Wildman–Crippen LogP) is 3.77. The molecule has 1 fully saturated rings. The lowest BCUT2D eigenvalue weighted by Gasteiger charge is -2.29. The molecule has 0 atom stereocenters. The fourth-order valence-electron chi connectivity index (χ4n) is 3.32. The Morgan fingerprint density at radius 2 is 2.00 bits per heavy atom. The van der Waals surface area contributed by atoms with Crippen LogP contribution in [0.3, 0.4) is 0 Å². The molecule has 1 aliphatic heterocycles. The monoisotopic (exact) mass is 419 g/mol. The van der Waals surface area contributed by atoms with E-state index in [-0.39, 0.29) is 5.92 Å². The average molecular weight is 420 g/mol. The number of hydrogen-bond donors (Lipinski definition) is 0. The van der Waals surface area contributed by atoms with E-state index in [0.29, 0.717) is 54.2 Å². The molecule has 0 aliphatic carbocycles. The fraction of sp³-hybridized carbons (Fsp3) is 0.368. The van der Waals surface area contributed by atoms with Crippen LogP contribution in [0, 0.1) is 0 Å². The topological polar surface area (TPSA) is 85.5 Å². The van der Waals surface area contributed by atoms with Crippen molar-refractivity contribution >= 4 is 21.4 Å². The van der Waals surface area contributed by atoms with E-state index < -0.39 is 10.0 Å². The van der Waals surface area contributed by atoms with Gasteiger partial charge in [0.25, 0.3) is 10.0 Å². The first-order valence-electron chi connectivity index (χ1n) is 9.19. The number of sulfonamides is 1. The van der Waals surface area contributed by atoms with Gasteiger partial charge in [-0.05, 0) is 43.3 Å². The zero-order valence-electron chi connectivity index (χ0n) is 15.4. The number of piperidine rings is 1. The van der Waals surface area contributed by atoms with E-state index >= 15 is 0 Å². The number of aromatic nitrogens is 2. The van der Waals surface area contributed by atoms with E-state index in [0.717, 1.165) is 5.56 Å². The lowest BCUT2D eigenvalue weighted by molar-refractivity contribution is 0.271. The third-order valence-corrected chi connectivity index (χ3v) is 8.03. The molecule has 0 N–H and O–H groups in total. The van der Waals surface area contributed by atoms with Gasteiger partial charge in [0.15, 0.2) is 0 Å². The summed E-state index contributed by atoms with van der Waals surface area (Å²) in [7, 11) is -3.41. The molecule has 0 radical (unpaired) electrons. The van der Waals surface area contributed by atoms with E-state index in [1.54, 1.807) is 17.5 Å². The Morgan fingerprint density at radius 3 is 2.71 bits per heavy atom. The van der Waals surface area contributed by atoms with Crippen LogP contribution in [0.2, 0.25) is 0 Å². The summed E-state index contributed by atoms with van der Waals surface area (Å²) in [6.45, 7) is 3.37. The first kappa shape index (κ1) is 19.1. The minimum atomic E-state index is -3.41. The molecule has 3 heterocycles. The zero-order valence-corrected chi connectivity index (χ0v) is 17.1. The quantitative estimate of drug-likeness (QED) is 0.605. The van der Waals surface area contributed by atoms with E-state index in [1.807, 2.05) is 31.2 Å². The molecule has 4 rings (SSSR count). The summed E-state index contributed by atoms with van der Waals surface area (Å²) >= 11 is 1.24. The van der Waals surface area contributed by atoms with Crippen LogP contribution in [0.5, 0.6) is 5.75 Å². The van der Waals surface area contributed by atoms with Crippen molar-refractivity contribution in [3.05, 3.63) is 47.7 Å². The van der Waals surface area contributed by atoms with Crippen molar-refractivity contribution < 1.29 is 17.7 Å². The highest BCUT2D eigenvalue weighted by molar-refractivity contribution is 7.91. The summed E-state index contributed by atoms with van der Waals surface area (Å²) in [6, 6.07) is 11.0. The highest BCUT2D eigenvalue weighted by atomic mass is 32.2. The zero-order chi connectivity index (χ0) is 19.6. The number of hydrogen-bond acceptors (Lipinski definition) is 7. The summed E-state index contributed by atoms with van der Waals surface area (Å²) in [6.07, 6.45) is 1.30. The molecule has 0 spiro atoms. The second kappa shape index (κ2) is 8.02. The van der Waals surface area contributed by atoms with E-state index in [2.05, 4.69) is 10.1 Å². The lowest BCUT2D eigenvalue weighted by Crippen LogP contribution is -2.37. The maximum Gasteiger partial charge on any atom is 0.252 e. The van der Waals surface area contributed by atoms with Crippen LogP contribution in [-0.2, 0) is 10.0 Å². The van der Waals surface area contributed by atoms with Gasteiger partial charge in [-0.3, -0.25) is 0 Å². The van der Waals surface area contributed by atoms with E-state index in [1.165, 1.54) is 15.6 Å². The standard InChI is InChI=1S/C19H21N3O4S2/c1-2-25-16-7-4-3-6-15(16)18-20-19(26-21-18)14-9-11-22(12-10-14)28(23,24)17-8-5-13-27-17/h3-8,13-14H,2,9-12H2,1H3. The van der Waals surface area contributed by atoms with Gasteiger partial charge in [-0.2, -0.15) is 9.29 Å². The normalized spacial score (nSPS) is 16.3. The Labute approximate surface area is 168 Å². The van der Waals surface area contributed by atoms with Crippen LogP contribution >= 0.6 is 11.3 Å². The van der Waals surface area contributed by atoms with E-state index in [4.69, 9.17) is 9.26 Å². The smallest absolute Gasteiger partial charge is 0.252 e. The summed E-state index contributed by atoms with van der Waals surface area (Å²) in [5.74, 6) is 1.81. The molecular weight excluding hydrogens is 398 g/mol. The number of benzene rings is 1. The molecule has 0 amide bonds. The van der Waals surface area contributed by atoms with Crippen LogP contribution in [-0.4, -0.2) is 42.6 Å². The molecule has 9 heteroatoms. The van der Waals surface area contributed by atoms with Crippen molar-refractivity contribution in [3.63, 3.8) is 0 Å². The molecule has 3 aromatic rings. The van der Waals surface area contributed by atoms with Crippen molar-refractivity contribution in [1.29, 1.82) is 0 Å². The minimum Gasteiger partial charge on any atom is -0.493 e. The number of nitrogens with zero attached hydrogens (tertiary/aromatic N) is 3. The van der Waals surface area contributed by atoms with E-state index in [9.17, 15) is 8.42 Å². The molecule has 28 heavy (non-hydrogen) atoms. The first-order valence-corrected chi connectivity index (χ1v) is 11.5. The molecular formula is C19H21N3O4S2. The average Bonchev–Trinajstić information content (AvgIpc) is 3.41. The largest absolute Gasteiger partial charge is 0.493 e. The number of para-hydroxylation sites is 1. The molecule has 7 nitrogen and oxygen atoms in total. The van der Waals surface area contributed by atoms with Gasteiger partial charge in [-0.25, -0.2) is 8.42 Å². The molecule has 1 saturated heterocycles. The van der Waals surface area contributed by atoms with Crippen LogP contribution in [0.15, 0.2) is 50.5 Å². The van der Waals surface area contributed by atoms with Gasteiger partial charge in [0.2, 0.25) is 11.7 Å². The predicted molar refractivity (Wildman–Crippen MR) is 106 cm³/mol. The van der Waals surface area contributed by atoms with Gasteiger partial charge in [-0.15, -0.1) is 11.3 Å². The lowest BCUT2D eigenvalue weighted by atomic mass is 9.98. The van der Waals surface area contributed by atoms with Gasteiger partial charge < -0.3 is 9.26 Å². The second-order valence-electron chi connectivity index (χ2n) is 6.50. The van der Waals surface area contributed by atoms with Crippen molar-refractivity contribution in [1.82, 2.24) is 14.4 Å². The molecule has 1 aliphatic rings. The third-order valence-electron chi connectivity index (χ3n) is 4.76. The highest BCUT2D eigenvalue weighted by Gasteiger charge is 2.32. The number of ether oxygens (including phenoxy) is 1. The van der Waals surface area contributed by atoms with Gasteiger partial charge in [0, 0.05) is 19.0 Å². The van der Waals surface area contributed by atoms with Crippen LogP contribution < -0.4 is 4.74 Å². The van der Waals surface area contributed by atoms with Crippen LogP contribution in [0.4, 0.5) is 0 Å². The highest BCUT2D eigenvalue weighted by Crippen LogP contribution is 2.33. The Kier molecular flexibility index (Phi) is 5.47. The Hall–Kier alpha value is -2.23. The number of thiophene rings is 1. The van der Waals surface area contributed by atoms with Crippen molar-refractivity contribution in [3.8, 4) is 17.1 Å². The van der Waals surface area contributed by atoms with Crippen molar-refractivity contribution in [2.45, 2.75) is 29.9 Å². The third kappa shape index (κ3) is 3.69. The maximum absolute atomic E-state index is 12.7. The summed E-state index contributed by atoms with van der Waals surface area (Å²) in [4.78, 5) is 4.56. The summed E-state index contributed by atoms with van der Waals surface area (Å²) in [5, 5.41) is 5.89. The van der Waals surface area contributed by atoms with Crippen molar-refractivity contribution in [2.24, 2.45) is 0 Å². The van der Waals surface area contributed by atoms with Gasteiger partial charge in [0.1, 0.15) is 9.96 Å². The molecule has 1 aromatic carbocycles. The van der Waals surface area contributed by atoms with Gasteiger partial charge >= 0.3 is 0 Å². The van der Waals surface area contributed by atoms with Gasteiger partial charge in [-0.1, -0.05) is 23.4 Å². The van der Waals surface area contributed by atoms with Gasteiger partial charge in [0.05, 0.1) is 12.2 Å². The molecule has 2 aromatic heterocycles. The molecule has 0 bridgehead atoms. The first-order chi connectivity index (χ1) is 13.6. The molecule has 0 saturated carbocycles. The maximum atomic E-state index is 12.7. The van der Waals surface area contributed by atoms with Crippen molar-refractivity contribution in [2.75, 3.05) is 19.7 Å². The van der Waals surface area contributed by atoms with Crippen LogP contribution in [0.25, 0.3) is 11.4 Å². The number of rotatable bonds is 6. The fourth-order valence-corrected chi connectivity index (χ4v) is 5.94. The Bertz CT molecular complexity index is 1020. The molecule has 148 valence electrons. The second-order valence-corrected chi connectivity index (χ2v) is 9.61. The Balaban J connectivity index is 1.47. The SMILES string of the molecule is CCOc1ccccc1-c1noc(C2CCN(S(=O)(=O)c3cccs3)CC2)n1.